The normalized spacial score (nSPS) is 20.8. The minimum absolute atomic E-state index is 0.00103. The van der Waals surface area contributed by atoms with Crippen LogP contribution in [0.2, 0.25) is 0 Å². The lowest BCUT2D eigenvalue weighted by atomic mass is 10.0. The number of aliphatic carboxylic acids is 2. The molecule has 2 rings (SSSR count). The highest BCUT2D eigenvalue weighted by Crippen LogP contribution is 2.19. The fourth-order valence-electron chi connectivity index (χ4n) is 4.75. The third kappa shape index (κ3) is 9.77. The predicted octanol–water partition coefficient (Wildman–Crippen LogP) is -2.07. The minimum atomic E-state index is -1.40. The zero-order valence-corrected chi connectivity index (χ0v) is 23.0. The zero-order valence-electron chi connectivity index (χ0n) is 23.0. The summed E-state index contributed by atoms with van der Waals surface area (Å²) < 4.78 is 0. The van der Waals surface area contributed by atoms with Gasteiger partial charge in [-0.3, -0.25) is 33.6 Å². The van der Waals surface area contributed by atoms with E-state index in [0.29, 0.717) is 25.8 Å². The Labute approximate surface area is 232 Å². The summed E-state index contributed by atoms with van der Waals surface area (Å²) in [6, 6.07) is -4.99. The smallest absolute Gasteiger partial charge is 0.322 e. The molecular weight excluding hydrogens is 528 g/mol. The number of amides is 5. The van der Waals surface area contributed by atoms with Crippen molar-refractivity contribution in [1.82, 2.24) is 31.5 Å². The molecule has 5 atom stereocenters. The molecule has 2 fully saturated rings. The number of hydrogen-bond donors (Lipinski definition) is 7. The van der Waals surface area contributed by atoms with Crippen LogP contribution in [-0.2, 0) is 33.6 Å². The fraction of sp³-hybridized carbons (Fsp3) is 0.720. The van der Waals surface area contributed by atoms with Crippen LogP contribution in [-0.4, -0.2) is 106 Å². The first-order valence-corrected chi connectivity index (χ1v) is 13.5. The summed E-state index contributed by atoms with van der Waals surface area (Å²) in [5.74, 6) is -5.70. The largest absolute Gasteiger partial charge is 0.481 e. The molecule has 0 unspecified atom stereocenters. The lowest BCUT2D eigenvalue weighted by Crippen LogP contribution is -2.58. The first-order chi connectivity index (χ1) is 18.8. The second-order valence-corrected chi connectivity index (χ2v) is 10.5. The van der Waals surface area contributed by atoms with E-state index >= 15 is 0 Å². The SMILES string of the molecule is CC(C)C[C@H](NC(=O)[C@@H]1CCCN1C(=O)[C@H](C)NC(=O)[C@H](CC(=O)O)NC(=O)[C@@H]1CCCN1)C(=O)NCC(=O)O. The fourth-order valence-corrected chi connectivity index (χ4v) is 4.75. The molecule has 0 aliphatic carbocycles. The Hall–Kier alpha value is -3.75. The van der Waals surface area contributed by atoms with Gasteiger partial charge < -0.3 is 41.7 Å². The number of likely N-dealkylation sites (tertiary alicyclic amines) is 1. The first-order valence-electron chi connectivity index (χ1n) is 13.5. The Kier molecular flexibility index (Phi) is 12.3. The number of rotatable bonds is 14. The summed E-state index contributed by atoms with van der Waals surface area (Å²) in [6.07, 6.45) is 1.71. The van der Waals surface area contributed by atoms with E-state index in [9.17, 15) is 38.7 Å². The molecule has 7 N–H and O–H groups in total. The number of carbonyl (C=O) groups excluding carboxylic acids is 5. The molecule has 224 valence electrons. The van der Waals surface area contributed by atoms with Gasteiger partial charge in [0.25, 0.3) is 0 Å². The molecule has 0 saturated carbocycles. The molecule has 0 aromatic rings. The van der Waals surface area contributed by atoms with E-state index in [0.717, 1.165) is 6.42 Å². The molecule has 5 amide bonds. The van der Waals surface area contributed by atoms with Crippen molar-refractivity contribution >= 4 is 41.5 Å². The Balaban J connectivity index is 2.04. The average molecular weight is 569 g/mol. The number of carboxylic acids is 2. The summed E-state index contributed by atoms with van der Waals surface area (Å²) in [5, 5.41) is 30.8. The molecule has 2 heterocycles. The number of hydrogen-bond acceptors (Lipinski definition) is 8. The maximum atomic E-state index is 13.2. The van der Waals surface area contributed by atoms with Crippen molar-refractivity contribution in [2.75, 3.05) is 19.6 Å². The number of nitrogens with zero attached hydrogens (tertiary/aromatic N) is 1. The summed E-state index contributed by atoms with van der Waals surface area (Å²) >= 11 is 0. The summed E-state index contributed by atoms with van der Waals surface area (Å²) in [5.41, 5.74) is 0. The van der Waals surface area contributed by atoms with Crippen molar-refractivity contribution in [3.05, 3.63) is 0 Å². The van der Waals surface area contributed by atoms with Gasteiger partial charge >= 0.3 is 11.9 Å². The van der Waals surface area contributed by atoms with Crippen LogP contribution in [0.5, 0.6) is 0 Å². The predicted molar refractivity (Wildman–Crippen MR) is 140 cm³/mol. The highest BCUT2D eigenvalue weighted by atomic mass is 16.4. The zero-order chi connectivity index (χ0) is 30.0. The molecular formula is C25H40N6O9. The van der Waals surface area contributed by atoms with Gasteiger partial charge in [0.05, 0.1) is 12.5 Å². The van der Waals surface area contributed by atoms with E-state index in [1.165, 1.54) is 11.8 Å². The van der Waals surface area contributed by atoms with Gasteiger partial charge in [-0.2, -0.15) is 0 Å². The topological polar surface area (TPSA) is 223 Å². The van der Waals surface area contributed by atoms with E-state index in [1.807, 2.05) is 13.8 Å². The summed E-state index contributed by atoms with van der Waals surface area (Å²) in [4.78, 5) is 87.5. The minimum Gasteiger partial charge on any atom is -0.481 e. The van der Waals surface area contributed by atoms with Crippen LogP contribution in [0.3, 0.4) is 0 Å². The van der Waals surface area contributed by atoms with Gasteiger partial charge in [0.1, 0.15) is 30.7 Å². The van der Waals surface area contributed by atoms with Crippen molar-refractivity contribution in [3.8, 4) is 0 Å². The Morgan fingerprint density at radius 2 is 1.52 bits per heavy atom. The molecule has 2 aliphatic heterocycles. The van der Waals surface area contributed by atoms with Crippen molar-refractivity contribution in [2.24, 2.45) is 5.92 Å². The van der Waals surface area contributed by atoms with Crippen molar-refractivity contribution < 1.29 is 43.8 Å². The average Bonchev–Trinajstić information content (AvgIpc) is 3.58. The number of carbonyl (C=O) groups is 7. The van der Waals surface area contributed by atoms with Crippen molar-refractivity contribution in [2.45, 2.75) is 89.5 Å². The Morgan fingerprint density at radius 1 is 0.850 bits per heavy atom. The van der Waals surface area contributed by atoms with Crippen LogP contribution < -0.4 is 26.6 Å². The highest BCUT2D eigenvalue weighted by Gasteiger charge is 2.38. The molecule has 0 spiro atoms. The lowest BCUT2D eigenvalue weighted by Gasteiger charge is -2.29. The van der Waals surface area contributed by atoms with Crippen LogP contribution >= 0.6 is 0 Å². The summed E-state index contributed by atoms with van der Waals surface area (Å²) in [7, 11) is 0. The number of nitrogens with one attached hydrogen (secondary N) is 5. The highest BCUT2D eigenvalue weighted by molar-refractivity contribution is 5.97. The lowest BCUT2D eigenvalue weighted by molar-refractivity contribution is -0.143. The third-order valence-electron chi connectivity index (χ3n) is 6.71. The number of carboxylic acid groups (broad SMARTS) is 2. The molecule has 0 aromatic heterocycles. The van der Waals surface area contributed by atoms with Gasteiger partial charge in [0.15, 0.2) is 0 Å². The standard InChI is InChI=1S/C25H40N6O9/c1-13(2)10-16(21(36)27-12-20(34)35)30-24(39)18-7-5-9-31(18)25(40)14(3)28-23(38)17(11-19(32)33)29-22(37)15-6-4-8-26-15/h13-18,26H,4-12H2,1-3H3,(H,27,36)(H,28,38)(H,29,37)(H,30,39)(H,32,33)(H,34,35)/t14-,15-,16-,17-,18-/m0/s1. The van der Waals surface area contributed by atoms with E-state index in [4.69, 9.17) is 5.11 Å². The molecule has 0 bridgehead atoms. The second kappa shape index (κ2) is 15.1. The quantitative estimate of drug-likeness (QED) is 0.121. The van der Waals surface area contributed by atoms with Gasteiger partial charge in [-0.25, -0.2) is 0 Å². The maximum absolute atomic E-state index is 13.2. The van der Waals surface area contributed by atoms with E-state index in [2.05, 4.69) is 26.6 Å². The molecule has 0 radical (unpaired) electrons. The van der Waals surface area contributed by atoms with E-state index in [1.54, 1.807) is 0 Å². The van der Waals surface area contributed by atoms with Crippen molar-refractivity contribution in [1.29, 1.82) is 0 Å². The van der Waals surface area contributed by atoms with Gasteiger partial charge in [0.2, 0.25) is 29.5 Å². The van der Waals surface area contributed by atoms with Gasteiger partial charge in [-0.1, -0.05) is 13.8 Å². The van der Waals surface area contributed by atoms with Gasteiger partial charge in [-0.05, 0) is 51.5 Å². The third-order valence-corrected chi connectivity index (χ3v) is 6.71. The monoisotopic (exact) mass is 568 g/mol. The van der Waals surface area contributed by atoms with Crippen LogP contribution in [0.4, 0.5) is 0 Å². The second-order valence-electron chi connectivity index (χ2n) is 10.5. The summed E-state index contributed by atoms with van der Waals surface area (Å²) in [6.45, 7) is 5.32. The van der Waals surface area contributed by atoms with Crippen LogP contribution in [0.25, 0.3) is 0 Å². The first kappa shape index (κ1) is 32.5. The Bertz CT molecular complexity index is 982. The van der Waals surface area contributed by atoms with Crippen LogP contribution in [0, 0.1) is 5.92 Å². The van der Waals surface area contributed by atoms with E-state index in [-0.39, 0.29) is 18.9 Å². The van der Waals surface area contributed by atoms with Crippen molar-refractivity contribution in [3.63, 3.8) is 0 Å². The molecule has 15 nitrogen and oxygen atoms in total. The molecule has 2 aliphatic rings. The van der Waals surface area contributed by atoms with Gasteiger partial charge in [0, 0.05) is 6.54 Å². The molecule has 15 heteroatoms. The molecule has 40 heavy (non-hydrogen) atoms. The van der Waals surface area contributed by atoms with Gasteiger partial charge in [-0.15, -0.1) is 0 Å². The molecule has 2 saturated heterocycles. The van der Waals surface area contributed by atoms with Crippen LogP contribution in [0.15, 0.2) is 0 Å². The maximum Gasteiger partial charge on any atom is 0.322 e. The van der Waals surface area contributed by atoms with Crippen LogP contribution in [0.1, 0.15) is 59.3 Å². The Morgan fingerprint density at radius 3 is 2.10 bits per heavy atom. The molecule has 0 aromatic carbocycles. The van der Waals surface area contributed by atoms with E-state index < -0.39 is 84.6 Å².